The summed E-state index contributed by atoms with van der Waals surface area (Å²) < 4.78 is 0. The predicted molar refractivity (Wildman–Crippen MR) is 123 cm³/mol. The van der Waals surface area contributed by atoms with E-state index in [-0.39, 0.29) is 18.4 Å². The van der Waals surface area contributed by atoms with Crippen molar-refractivity contribution in [2.24, 2.45) is 0 Å². The second-order valence-corrected chi connectivity index (χ2v) is 7.23. The Kier molecular flexibility index (Phi) is 6.86. The Hall–Kier alpha value is -3.60. The normalized spacial score (nSPS) is 10.4. The first-order chi connectivity index (χ1) is 14.5. The Morgan fingerprint density at radius 3 is 2.30 bits per heavy atom. The number of anilines is 3. The molecule has 3 N–H and O–H groups in total. The van der Waals surface area contributed by atoms with E-state index in [2.05, 4.69) is 22.9 Å². The van der Waals surface area contributed by atoms with Crippen molar-refractivity contribution in [2.45, 2.75) is 27.2 Å². The zero-order chi connectivity index (χ0) is 21.5. The molecule has 0 saturated carbocycles. The van der Waals surface area contributed by atoms with Crippen LogP contribution in [-0.2, 0) is 11.2 Å². The summed E-state index contributed by atoms with van der Waals surface area (Å²) in [6.07, 6.45) is 0.840. The van der Waals surface area contributed by atoms with Gasteiger partial charge in [0.15, 0.2) is 0 Å². The van der Waals surface area contributed by atoms with Crippen LogP contribution < -0.4 is 16.0 Å². The van der Waals surface area contributed by atoms with Gasteiger partial charge in [-0.3, -0.25) is 9.59 Å². The largest absolute Gasteiger partial charge is 0.376 e. The van der Waals surface area contributed by atoms with Crippen LogP contribution in [0.15, 0.2) is 66.7 Å². The second kappa shape index (κ2) is 9.74. The molecule has 5 heteroatoms. The van der Waals surface area contributed by atoms with Gasteiger partial charge in [-0.25, -0.2) is 0 Å². The lowest BCUT2D eigenvalue weighted by Crippen LogP contribution is -2.24. The van der Waals surface area contributed by atoms with Crippen LogP contribution in [0.25, 0.3) is 0 Å². The zero-order valence-corrected chi connectivity index (χ0v) is 17.6. The molecular formula is C25H27N3O2. The number of hydrogen-bond acceptors (Lipinski definition) is 3. The average molecular weight is 402 g/mol. The third kappa shape index (κ3) is 5.26. The lowest BCUT2D eigenvalue weighted by Gasteiger charge is -2.15. The van der Waals surface area contributed by atoms with E-state index in [1.807, 2.05) is 62.4 Å². The molecule has 0 bridgehead atoms. The highest BCUT2D eigenvalue weighted by atomic mass is 16.2. The number of rotatable bonds is 7. The van der Waals surface area contributed by atoms with Crippen LogP contribution in [0.3, 0.4) is 0 Å². The van der Waals surface area contributed by atoms with Gasteiger partial charge in [0.05, 0.1) is 12.1 Å². The molecule has 0 spiro atoms. The van der Waals surface area contributed by atoms with Crippen molar-refractivity contribution in [1.82, 2.24) is 0 Å². The molecule has 154 valence electrons. The molecule has 0 radical (unpaired) electrons. The fourth-order valence-electron chi connectivity index (χ4n) is 3.23. The quantitative estimate of drug-likeness (QED) is 0.512. The van der Waals surface area contributed by atoms with Crippen molar-refractivity contribution >= 4 is 28.9 Å². The molecule has 0 aromatic heterocycles. The van der Waals surface area contributed by atoms with Crippen molar-refractivity contribution in [3.63, 3.8) is 0 Å². The first-order valence-electron chi connectivity index (χ1n) is 10.1. The van der Waals surface area contributed by atoms with E-state index < -0.39 is 0 Å². The van der Waals surface area contributed by atoms with Crippen molar-refractivity contribution in [1.29, 1.82) is 0 Å². The Bertz CT molecular complexity index is 1040. The van der Waals surface area contributed by atoms with Gasteiger partial charge in [-0.05, 0) is 55.7 Å². The highest BCUT2D eigenvalue weighted by Crippen LogP contribution is 2.21. The van der Waals surface area contributed by atoms with Crippen LogP contribution in [-0.4, -0.2) is 18.4 Å². The Balaban J connectivity index is 1.67. The van der Waals surface area contributed by atoms with E-state index in [0.717, 1.165) is 34.5 Å². The van der Waals surface area contributed by atoms with Crippen LogP contribution >= 0.6 is 0 Å². The molecule has 0 atom stereocenters. The van der Waals surface area contributed by atoms with E-state index >= 15 is 0 Å². The molecule has 2 amide bonds. The standard InChI is InChI=1S/C25H27N3O2/c1-4-19-9-7-8-18(3)24(19)28-23(29)16-26-22-11-6-5-10-21(22)25(30)27-20-14-12-17(2)13-15-20/h5-15,26H,4,16H2,1-3H3,(H,27,30)(H,28,29). The molecule has 3 aromatic rings. The maximum atomic E-state index is 12.7. The van der Waals surface area contributed by atoms with Gasteiger partial charge in [-0.1, -0.05) is 55.0 Å². The SMILES string of the molecule is CCc1cccc(C)c1NC(=O)CNc1ccccc1C(=O)Nc1ccc(C)cc1. The van der Waals surface area contributed by atoms with Crippen LogP contribution in [0, 0.1) is 13.8 Å². The molecule has 3 aromatic carbocycles. The molecular weight excluding hydrogens is 374 g/mol. The van der Waals surface area contributed by atoms with E-state index in [4.69, 9.17) is 0 Å². The van der Waals surface area contributed by atoms with E-state index in [1.165, 1.54) is 0 Å². The average Bonchev–Trinajstić information content (AvgIpc) is 2.75. The minimum Gasteiger partial charge on any atom is -0.376 e. The summed E-state index contributed by atoms with van der Waals surface area (Å²) in [5.41, 5.74) is 5.93. The third-order valence-corrected chi connectivity index (χ3v) is 4.92. The van der Waals surface area contributed by atoms with Gasteiger partial charge in [-0.15, -0.1) is 0 Å². The third-order valence-electron chi connectivity index (χ3n) is 4.92. The van der Waals surface area contributed by atoms with Crippen molar-refractivity contribution in [2.75, 3.05) is 22.5 Å². The van der Waals surface area contributed by atoms with E-state index in [9.17, 15) is 9.59 Å². The number of benzene rings is 3. The van der Waals surface area contributed by atoms with Crippen LogP contribution in [0.4, 0.5) is 17.1 Å². The molecule has 5 nitrogen and oxygen atoms in total. The Labute approximate surface area is 177 Å². The van der Waals surface area contributed by atoms with Crippen LogP contribution in [0.2, 0.25) is 0 Å². The topological polar surface area (TPSA) is 70.2 Å². The van der Waals surface area contributed by atoms with Gasteiger partial charge in [0, 0.05) is 17.1 Å². The highest BCUT2D eigenvalue weighted by Gasteiger charge is 2.13. The minimum absolute atomic E-state index is 0.0618. The van der Waals surface area contributed by atoms with Crippen LogP contribution in [0.5, 0.6) is 0 Å². The lowest BCUT2D eigenvalue weighted by molar-refractivity contribution is -0.114. The Morgan fingerprint density at radius 2 is 1.57 bits per heavy atom. The van der Waals surface area contributed by atoms with Crippen molar-refractivity contribution < 1.29 is 9.59 Å². The number of carbonyl (C=O) groups excluding carboxylic acids is 2. The molecule has 3 rings (SSSR count). The van der Waals surface area contributed by atoms with Gasteiger partial charge in [0.1, 0.15) is 0 Å². The first-order valence-corrected chi connectivity index (χ1v) is 10.1. The summed E-state index contributed by atoms with van der Waals surface area (Å²) in [6.45, 7) is 6.10. The molecule has 0 heterocycles. The summed E-state index contributed by atoms with van der Waals surface area (Å²) >= 11 is 0. The predicted octanol–water partition coefficient (Wildman–Crippen LogP) is 5.17. The molecule has 0 aliphatic heterocycles. The van der Waals surface area contributed by atoms with Gasteiger partial charge in [0.25, 0.3) is 5.91 Å². The summed E-state index contributed by atoms with van der Waals surface area (Å²) in [7, 11) is 0. The molecule has 0 fully saturated rings. The fraction of sp³-hybridized carbons (Fsp3) is 0.200. The number of para-hydroxylation sites is 2. The number of amides is 2. The molecule has 0 aliphatic carbocycles. The molecule has 30 heavy (non-hydrogen) atoms. The van der Waals surface area contributed by atoms with Gasteiger partial charge in [-0.2, -0.15) is 0 Å². The fourth-order valence-corrected chi connectivity index (χ4v) is 3.23. The summed E-state index contributed by atoms with van der Waals surface area (Å²) in [6, 6.07) is 20.8. The molecule has 0 saturated heterocycles. The summed E-state index contributed by atoms with van der Waals surface area (Å²) in [5, 5.41) is 8.98. The van der Waals surface area contributed by atoms with E-state index in [0.29, 0.717) is 11.3 Å². The van der Waals surface area contributed by atoms with Gasteiger partial charge in [0.2, 0.25) is 5.91 Å². The molecule has 0 aliphatic rings. The number of aryl methyl sites for hydroxylation is 3. The maximum absolute atomic E-state index is 12.7. The second-order valence-electron chi connectivity index (χ2n) is 7.23. The van der Waals surface area contributed by atoms with Gasteiger partial charge < -0.3 is 16.0 Å². The number of nitrogens with one attached hydrogen (secondary N) is 3. The van der Waals surface area contributed by atoms with Crippen LogP contribution in [0.1, 0.15) is 34.0 Å². The van der Waals surface area contributed by atoms with Gasteiger partial charge >= 0.3 is 0 Å². The minimum atomic E-state index is -0.227. The Morgan fingerprint density at radius 1 is 0.833 bits per heavy atom. The first kappa shape index (κ1) is 21.1. The smallest absolute Gasteiger partial charge is 0.257 e. The van der Waals surface area contributed by atoms with Crippen molar-refractivity contribution in [3.8, 4) is 0 Å². The lowest BCUT2D eigenvalue weighted by atomic mass is 10.1. The summed E-state index contributed by atoms with van der Waals surface area (Å²) in [4.78, 5) is 25.3. The number of hydrogen-bond donors (Lipinski definition) is 3. The maximum Gasteiger partial charge on any atom is 0.257 e. The van der Waals surface area contributed by atoms with E-state index in [1.54, 1.807) is 18.2 Å². The van der Waals surface area contributed by atoms with Crippen molar-refractivity contribution in [3.05, 3.63) is 89.0 Å². The summed E-state index contributed by atoms with van der Waals surface area (Å²) in [5.74, 6) is -0.387. The number of carbonyl (C=O) groups is 2. The zero-order valence-electron chi connectivity index (χ0n) is 17.6. The molecule has 0 unspecified atom stereocenters. The highest BCUT2D eigenvalue weighted by molar-refractivity contribution is 6.08. The monoisotopic (exact) mass is 401 g/mol.